The van der Waals surface area contributed by atoms with E-state index in [1.807, 2.05) is 25.2 Å². The molecule has 0 spiro atoms. The van der Waals surface area contributed by atoms with E-state index in [4.69, 9.17) is 16.0 Å². The van der Waals surface area contributed by atoms with Crippen molar-refractivity contribution in [1.29, 1.82) is 0 Å². The second-order valence-electron chi connectivity index (χ2n) is 9.80. The van der Waals surface area contributed by atoms with Crippen LogP contribution < -0.4 is 5.32 Å². The highest BCUT2D eigenvalue weighted by molar-refractivity contribution is 7.15. The van der Waals surface area contributed by atoms with Crippen LogP contribution in [0.1, 0.15) is 56.2 Å². The van der Waals surface area contributed by atoms with Crippen molar-refractivity contribution >= 4 is 48.9 Å². The van der Waals surface area contributed by atoms with E-state index in [0.29, 0.717) is 33.3 Å². The fraction of sp³-hybridized carbons (Fsp3) is 0.455. The summed E-state index contributed by atoms with van der Waals surface area (Å²) in [5.74, 6) is 1.09. The molecule has 3 aromatic heterocycles. The Morgan fingerprint density at radius 2 is 2.09 bits per heavy atom. The standard InChI is InChI=1S/C22H28ClN5O3SSi/c1-22(2,3)33(4,5)31-18(21(29)30)15-8-9-16(32-15)20-24-11-13(23)19(26-20)25-17-10-14(27-28-17)12-6-7-12/h8-12,18H,6-7H2,1-5H3,(H,29,30)(H2,24,25,26,27,28). The number of nitrogens with zero attached hydrogens (tertiary/aromatic N) is 3. The van der Waals surface area contributed by atoms with E-state index < -0.39 is 20.4 Å². The predicted molar refractivity (Wildman–Crippen MR) is 133 cm³/mol. The van der Waals surface area contributed by atoms with E-state index in [9.17, 15) is 9.90 Å². The van der Waals surface area contributed by atoms with Crippen molar-refractivity contribution in [1.82, 2.24) is 20.2 Å². The van der Waals surface area contributed by atoms with E-state index in [2.05, 4.69) is 46.3 Å². The third-order valence-corrected chi connectivity index (χ3v) is 12.0. The summed E-state index contributed by atoms with van der Waals surface area (Å²) in [5.41, 5.74) is 1.10. The van der Waals surface area contributed by atoms with Gasteiger partial charge in [0.15, 0.2) is 31.9 Å². The number of thiophene rings is 1. The summed E-state index contributed by atoms with van der Waals surface area (Å²) in [4.78, 5) is 22.3. The third-order valence-electron chi connectivity index (χ3n) is 6.15. The largest absolute Gasteiger partial charge is 0.479 e. The molecule has 1 saturated carbocycles. The van der Waals surface area contributed by atoms with Crippen LogP contribution in [-0.4, -0.2) is 39.6 Å². The van der Waals surface area contributed by atoms with E-state index in [1.54, 1.807) is 6.07 Å². The van der Waals surface area contributed by atoms with Gasteiger partial charge in [0.25, 0.3) is 0 Å². The number of carbonyl (C=O) groups is 1. The Morgan fingerprint density at radius 3 is 2.73 bits per heavy atom. The molecule has 8 nitrogen and oxygen atoms in total. The smallest absolute Gasteiger partial charge is 0.337 e. The summed E-state index contributed by atoms with van der Waals surface area (Å²) < 4.78 is 6.21. The van der Waals surface area contributed by atoms with Crippen LogP contribution in [0.25, 0.3) is 10.7 Å². The molecule has 4 rings (SSSR count). The summed E-state index contributed by atoms with van der Waals surface area (Å²) >= 11 is 7.62. The lowest BCUT2D eigenvalue weighted by Crippen LogP contribution is -2.43. The van der Waals surface area contributed by atoms with Crippen LogP contribution >= 0.6 is 22.9 Å². The van der Waals surface area contributed by atoms with Gasteiger partial charge in [-0.1, -0.05) is 32.4 Å². The molecular weight excluding hydrogens is 478 g/mol. The second-order valence-corrected chi connectivity index (χ2v) is 16.1. The number of H-pyrrole nitrogens is 1. The van der Waals surface area contributed by atoms with Gasteiger partial charge < -0.3 is 14.8 Å². The number of carboxylic acids is 1. The number of halogens is 1. The van der Waals surface area contributed by atoms with Crippen molar-refractivity contribution < 1.29 is 14.3 Å². The highest BCUT2D eigenvalue weighted by atomic mass is 35.5. The number of aromatic nitrogens is 4. The monoisotopic (exact) mass is 505 g/mol. The SMILES string of the molecule is CC(C)(C)[Si](C)(C)OC(C(=O)O)c1ccc(-c2ncc(Cl)c(Nc3cc(C4CC4)[nH]n3)n2)s1. The predicted octanol–water partition coefficient (Wildman–Crippen LogP) is 6.35. The molecule has 0 aliphatic heterocycles. The molecular formula is C22H28ClN5O3SSi. The van der Waals surface area contributed by atoms with Gasteiger partial charge in [-0.25, -0.2) is 14.8 Å². The fourth-order valence-electron chi connectivity index (χ4n) is 3.01. The van der Waals surface area contributed by atoms with Gasteiger partial charge in [0.05, 0.1) is 11.1 Å². The molecule has 0 aromatic carbocycles. The maximum atomic E-state index is 12.0. The lowest BCUT2D eigenvalue weighted by atomic mass is 10.2. The molecule has 1 aliphatic carbocycles. The molecule has 0 amide bonds. The number of hydrogen-bond acceptors (Lipinski definition) is 7. The van der Waals surface area contributed by atoms with Gasteiger partial charge in [0.2, 0.25) is 0 Å². The van der Waals surface area contributed by atoms with Crippen molar-refractivity contribution in [3.8, 4) is 10.7 Å². The zero-order valence-electron chi connectivity index (χ0n) is 19.3. The zero-order valence-corrected chi connectivity index (χ0v) is 21.8. The Bertz CT molecular complexity index is 1170. The van der Waals surface area contributed by atoms with Crippen LogP contribution in [0.15, 0.2) is 24.4 Å². The maximum absolute atomic E-state index is 12.0. The zero-order chi connectivity index (χ0) is 24.0. The summed E-state index contributed by atoms with van der Waals surface area (Å²) in [6.45, 7) is 10.3. The molecule has 3 heterocycles. The molecule has 176 valence electrons. The third kappa shape index (κ3) is 5.29. The molecule has 1 fully saturated rings. The molecule has 0 saturated heterocycles. The summed E-state index contributed by atoms with van der Waals surface area (Å²) in [6, 6.07) is 5.55. The molecule has 3 N–H and O–H groups in total. The first-order chi connectivity index (χ1) is 15.4. The van der Waals surface area contributed by atoms with Crippen molar-refractivity contribution in [2.75, 3.05) is 5.32 Å². The minimum Gasteiger partial charge on any atom is -0.479 e. The average molecular weight is 506 g/mol. The van der Waals surface area contributed by atoms with E-state index in [-0.39, 0.29) is 5.04 Å². The normalized spacial score (nSPS) is 15.5. The van der Waals surface area contributed by atoms with Crippen LogP contribution in [0, 0.1) is 0 Å². The van der Waals surface area contributed by atoms with Gasteiger partial charge in [-0.05, 0) is 43.1 Å². The molecule has 1 aliphatic rings. The number of rotatable bonds is 8. The minimum absolute atomic E-state index is 0.105. The Morgan fingerprint density at radius 1 is 1.36 bits per heavy atom. The summed E-state index contributed by atoms with van der Waals surface area (Å²) in [5, 5.41) is 20.6. The summed E-state index contributed by atoms with van der Waals surface area (Å²) in [7, 11) is -2.29. The molecule has 33 heavy (non-hydrogen) atoms. The van der Waals surface area contributed by atoms with Crippen molar-refractivity contribution in [3.05, 3.63) is 40.0 Å². The summed E-state index contributed by atoms with van der Waals surface area (Å²) in [6.07, 6.45) is 2.86. The second kappa shape index (κ2) is 8.82. The number of anilines is 2. The Kier molecular flexibility index (Phi) is 6.38. The lowest BCUT2D eigenvalue weighted by Gasteiger charge is -2.37. The van der Waals surface area contributed by atoms with Crippen LogP contribution in [0.2, 0.25) is 23.2 Å². The number of nitrogens with one attached hydrogen (secondary N) is 2. The van der Waals surface area contributed by atoms with Gasteiger partial charge >= 0.3 is 5.97 Å². The van der Waals surface area contributed by atoms with E-state index in [0.717, 1.165) is 10.6 Å². The highest BCUT2D eigenvalue weighted by Crippen LogP contribution is 2.42. The Labute approximate surface area is 202 Å². The number of aliphatic carboxylic acids is 1. The van der Waals surface area contributed by atoms with Crippen LogP contribution in [-0.2, 0) is 9.22 Å². The Hall–Kier alpha value is -2.27. The number of carboxylic acid groups (broad SMARTS) is 1. The van der Waals surface area contributed by atoms with Crippen LogP contribution in [0.5, 0.6) is 0 Å². The Balaban J connectivity index is 1.56. The maximum Gasteiger partial charge on any atom is 0.337 e. The van der Waals surface area contributed by atoms with Crippen molar-refractivity contribution in [3.63, 3.8) is 0 Å². The first kappa shape index (κ1) is 23.9. The number of hydrogen-bond donors (Lipinski definition) is 3. The first-order valence-corrected chi connectivity index (χ1v) is 14.9. The van der Waals surface area contributed by atoms with Gasteiger partial charge in [-0.3, -0.25) is 5.10 Å². The number of aromatic amines is 1. The van der Waals surface area contributed by atoms with Gasteiger partial charge in [0, 0.05) is 22.6 Å². The minimum atomic E-state index is -2.29. The van der Waals surface area contributed by atoms with Crippen LogP contribution in [0.4, 0.5) is 11.6 Å². The molecule has 0 radical (unpaired) electrons. The average Bonchev–Trinajstić information content (AvgIpc) is 3.27. The molecule has 1 atom stereocenters. The lowest BCUT2D eigenvalue weighted by molar-refractivity contribution is -0.145. The fourth-order valence-corrected chi connectivity index (χ4v) is 5.38. The molecule has 3 aromatic rings. The van der Waals surface area contributed by atoms with E-state index >= 15 is 0 Å². The molecule has 0 bridgehead atoms. The van der Waals surface area contributed by atoms with Gasteiger partial charge in [-0.2, -0.15) is 5.10 Å². The highest BCUT2D eigenvalue weighted by Gasteiger charge is 2.41. The van der Waals surface area contributed by atoms with E-state index in [1.165, 1.54) is 30.4 Å². The van der Waals surface area contributed by atoms with Gasteiger partial charge in [0.1, 0.15) is 5.02 Å². The quantitative estimate of drug-likeness (QED) is 0.305. The molecule has 1 unspecified atom stereocenters. The van der Waals surface area contributed by atoms with Crippen molar-refractivity contribution in [2.45, 2.75) is 63.8 Å². The van der Waals surface area contributed by atoms with Crippen molar-refractivity contribution in [2.24, 2.45) is 0 Å². The molecule has 11 heteroatoms. The van der Waals surface area contributed by atoms with Crippen LogP contribution in [0.3, 0.4) is 0 Å². The first-order valence-electron chi connectivity index (χ1n) is 10.8. The van der Waals surface area contributed by atoms with Gasteiger partial charge in [-0.15, -0.1) is 11.3 Å². The topological polar surface area (TPSA) is 113 Å².